The van der Waals surface area contributed by atoms with Gasteiger partial charge in [0, 0.05) is 30.8 Å². The van der Waals surface area contributed by atoms with Crippen molar-refractivity contribution in [3.05, 3.63) is 57.9 Å². The van der Waals surface area contributed by atoms with Gasteiger partial charge in [0.15, 0.2) is 0 Å². The summed E-state index contributed by atoms with van der Waals surface area (Å²) in [6.45, 7) is 11.0. The van der Waals surface area contributed by atoms with Crippen LogP contribution in [0.3, 0.4) is 0 Å². The van der Waals surface area contributed by atoms with Gasteiger partial charge in [0.2, 0.25) is 11.6 Å². The Morgan fingerprint density at radius 1 is 1.41 bits per heavy atom. The molecule has 178 valence electrons. The van der Waals surface area contributed by atoms with Gasteiger partial charge in [0.1, 0.15) is 33.8 Å². The smallest absolute Gasteiger partial charge is 0.235 e. The van der Waals surface area contributed by atoms with Crippen LogP contribution in [0.4, 0.5) is 20.3 Å². The van der Waals surface area contributed by atoms with E-state index in [9.17, 15) is 18.8 Å². The minimum atomic E-state index is -1.23. The molecule has 10 heteroatoms. The number of anilines is 1. The van der Waals surface area contributed by atoms with Crippen LogP contribution in [0.1, 0.15) is 41.7 Å². The first-order valence-electron chi connectivity index (χ1n) is 10.9. The van der Waals surface area contributed by atoms with Crippen LogP contribution in [0.25, 0.3) is 4.85 Å². The first kappa shape index (κ1) is 25.4. The molecule has 1 atom stereocenters. The molecule has 2 N–H and O–H groups in total. The van der Waals surface area contributed by atoms with Gasteiger partial charge in [-0.3, -0.25) is 4.79 Å². The van der Waals surface area contributed by atoms with E-state index in [1.807, 2.05) is 25.9 Å². The number of piperidine rings is 1. The highest BCUT2D eigenvalue weighted by atomic mass is 32.2. The number of benzene rings is 1. The molecule has 0 spiro atoms. The summed E-state index contributed by atoms with van der Waals surface area (Å²) in [5.41, 5.74) is 6.49. The van der Waals surface area contributed by atoms with Gasteiger partial charge >= 0.3 is 0 Å². The number of hydrogen-bond acceptors (Lipinski definition) is 6. The number of hydrogen-bond donors (Lipinski definition) is 1. The van der Waals surface area contributed by atoms with Gasteiger partial charge in [-0.25, -0.2) is 18.6 Å². The van der Waals surface area contributed by atoms with Crippen molar-refractivity contribution in [1.82, 2.24) is 9.88 Å². The first-order valence-corrected chi connectivity index (χ1v) is 11.8. The van der Waals surface area contributed by atoms with Crippen LogP contribution in [0.15, 0.2) is 23.2 Å². The topological polar surface area (TPSA) is 90.6 Å². The lowest BCUT2D eigenvalue weighted by molar-refractivity contribution is -0.117. The van der Waals surface area contributed by atoms with E-state index in [-0.39, 0.29) is 16.2 Å². The summed E-state index contributed by atoms with van der Waals surface area (Å²) in [6, 6.07) is 5.43. The van der Waals surface area contributed by atoms with Crippen molar-refractivity contribution in [1.29, 1.82) is 5.26 Å². The zero-order valence-electron chi connectivity index (χ0n) is 19.3. The van der Waals surface area contributed by atoms with E-state index in [1.165, 1.54) is 6.07 Å². The maximum absolute atomic E-state index is 14.5. The van der Waals surface area contributed by atoms with E-state index in [0.29, 0.717) is 48.7 Å². The normalized spacial score (nSPS) is 15.1. The zero-order chi connectivity index (χ0) is 25.0. The Bertz CT molecular complexity index is 1170. The number of nitrogens with two attached hydrogens (primary N) is 1. The van der Waals surface area contributed by atoms with Crippen LogP contribution < -0.4 is 10.6 Å². The number of thioether (sulfide) groups is 1. The molecule has 1 aliphatic rings. The first-order chi connectivity index (χ1) is 16.2. The van der Waals surface area contributed by atoms with E-state index in [2.05, 4.69) is 20.8 Å². The summed E-state index contributed by atoms with van der Waals surface area (Å²) in [5.74, 6) is -2.08. The third kappa shape index (κ3) is 5.14. The summed E-state index contributed by atoms with van der Waals surface area (Å²) in [6.07, 6.45) is 2.19. The van der Waals surface area contributed by atoms with E-state index in [0.717, 1.165) is 30.7 Å². The van der Waals surface area contributed by atoms with Crippen LogP contribution in [-0.2, 0) is 11.2 Å². The molecule has 2 heterocycles. The van der Waals surface area contributed by atoms with E-state index in [1.54, 1.807) is 0 Å². The predicted molar refractivity (Wildman–Crippen MR) is 128 cm³/mol. The third-order valence-electron chi connectivity index (χ3n) is 6.03. The second kappa shape index (κ2) is 10.8. The van der Waals surface area contributed by atoms with E-state index < -0.39 is 22.8 Å². The summed E-state index contributed by atoms with van der Waals surface area (Å²) in [5, 5.41) is 8.87. The van der Waals surface area contributed by atoms with Gasteiger partial charge in [0.25, 0.3) is 0 Å². The van der Waals surface area contributed by atoms with Crippen LogP contribution in [0.2, 0.25) is 0 Å². The Kier molecular flexibility index (Phi) is 8.08. The van der Waals surface area contributed by atoms with Crippen LogP contribution in [0, 0.1) is 29.5 Å². The number of primary amides is 1. The van der Waals surface area contributed by atoms with Crippen LogP contribution in [0.5, 0.6) is 0 Å². The van der Waals surface area contributed by atoms with E-state index in [4.69, 9.17) is 12.3 Å². The molecule has 34 heavy (non-hydrogen) atoms. The second-order valence-corrected chi connectivity index (χ2v) is 9.36. The molecule has 0 bridgehead atoms. The molecular weight excluding hydrogens is 458 g/mol. The molecular formula is C24H26F2N6OS. The molecule has 0 aliphatic carbocycles. The fourth-order valence-corrected chi connectivity index (χ4v) is 5.25. The number of halogens is 2. The number of pyridine rings is 1. The summed E-state index contributed by atoms with van der Waals surface area (Å²) < 4.78 is 27.9. The molecule has 1 aliphatic heterocycles. The summed E-state index contributed by atoms with van der Waals surface area (Å²) >= 11 is 0.845. The van der Waals surface area contributed by atoms with Gasteiger partial charge in [-0.15, -0.1) is 0 Å². The van der Waals surface area contributed by atoms with Crippen molar-refractivity contribution in [2.24, 2.45) is 5.73 Å². The fraction of sp³-hybridized carbons (Fsp3) is 0.417. The van der Waals surface area contributed by atoms with E-state index >= 15 is 0 Å². The Balaban J connectivity index is 2.09. The summed E-state index contributed by atoms with van der Waals surface area (Å²) in [4.78, 5) is 24.8. The average Bonchev–Trinajstić information content (AvgIpc) is 2.81. The molecule has 0 saturated carbocycles. The summed E-state index contributed by atoms with van der Waals surface area (Å²) in [7, 11) is 4.07. The largest absolute Gasteiger partial charge is 0.368 e. The lowest BCUT2D eigenvalue weighted by Crippen LogP contribution is -2.42. The maximum Gasteiger partial charge on any atom is 0.235 e. The van der Waals surface area contributed by atoms with Gasteiger partial charge in [-0.05, 0) is 45.0 Å². The van der Waals surface area contributed by atoms with Crippen molar-refractivity contribution in [3.8, 4) is 6.07 Å². The molecule has 0 radical (unpaired) electrons. The molecule has 1 aromatic heterocycles. The number of amides is 1. The van der Waals surface area contributed by atoms with Gasteiger partial charge in [0.05, 0.1) is 12.1 Å². The highest BCUT2D eigenvalue weighted by Crippen LogP contribution is 2.43. The van der Waals surface area contributed by atoms with Crippen molar-refractivity contribution >= 4 is 29.2 Å². The Morgan fingerprint density at radius 2 is 2.09 bits per heavy atom. The van der Waals surface area contributed by atoms with Crippen molar-refractivity contribution in [3.63, 3.8) is 0 Å². The highest BCUT2D eigenvalue weighted by Gasteiger charge is 2.30. The van der Waals surface area contributed by atoms with Crippen molar-refractivity contribution in [2.75, 3.05) is 32.1 Å². The standard InChI is InChI=1S/C24H26F2N6OS/c1-5-16-18(13-27)24(34-21(22(28)33)17-7-6-14(25)12-19(17)26)30-23(20(16)29-2)32-10-8-15(9-11-32)31(3)4/h6-7,12,15,21H,5,8-11H2,1,3-4H3,(H2,28,33). The predicted octanol–water partition coefficient (Wildman–Crippen LogP) is 4.19. The quantitative estimate of drug-likeness (QED) is 0.468. The molecule has 2 aromatic rings. The molecule has 1 aromatic carbocycles. The van der Waals surface area contributed by atoms with Crippen molar-refractivity contribution < 1.29 is 13.6 Å². The second-order valence-electron chi connectivity index (χ2n) is 8.27. The highest BCUT2D eigenvalue weighted by molar-refractivity contribution is 8.00. The molecule has 1 amide bonds. The Morgan fingerprint density at radius 3 is 2.59 bits per heavy atom. The average molecular weight is 485 g/mol. The Hall–Kier alpha value is -3.21. The molecule has 3 rings (SSSR count). The molecule has 1 saturated heterocycles. The third-order valence-corrected chi connectivity index (χ3v) is 7.27. The molecule has 1 unspecified atom stereocenters. The number of carbonyl (C=O) groups is 1. The number of carbonyl (C=O) groups excluding carboxylic acids is 1. The van der Waals surface area contributed by atoms with Crippen molar-refractivity contribution in [2.45, 2.75) is 42.5 Å². The Labute approximate surface area is 202 Å². The van der Waals surface area contributed by atoms with Crippen LogP contribution in [-0.4, -0.2) is 49.0 Å². The van der Waals surface area contributed by atoms with Gasteiger partial charge < -0.3 is 15.5 Å². The number of nitrogens with zero attached hydrogens (tertiary/aromatic N) is 5. The fourth-order valence-electron chi connectivity index (χ4n) is 4.16. The number of aromatic nitrogens is 1. The lowest BCUT2D eigenvalue weighted by atomic mass is 10.0. The maximum atomic E-state index is 14.5. The van der Waals surface area contributed by atoms with Gasteiger partial charge in [-0.2, -0.15) is 5.26 Å². The zero-order valence-corrected chi connectivity index (χ0v) is 20.1. The lowest BCUT2D eigenvalue weighted by Gasteiger charge is -2.36. The molecule has 1 fully saturated rings. The van der Waals surface area contributed by atoms with Gasteiger partial charge in [-0.1, -0.05) is 24.8 Å². The monoisotopic (exact) mass is 484 g/mol. The number of nitriles is 1. The minimum Gasteiger partial charge on any atom is -0.368 e. The number of rotatable bonds is 7. The van der Waals surface area contributed by atoms with Crippen LogP contribution >= 0.6 is 11.8 Å². The minimum absolute atomic E-state index is 0.0924. The molecule has 7 nitrogen and oxygen atoms in total. The SMILES string of the molecule is [C-]#[N+]c1c(N2CCC(N(C)C)CC2)nc(SC(C(N)=O)c2ccc(F)cc2F)c(C#N)c1CC.